The van der Waals surface area contributed by atoms with Gasteiger partial charge in [0.25, 0.3) is 0 Å². The monoisotopic (exact) mass is 237 g/mol. The van der Waals surface area contributed by atoms with E-state index in [9.17, 15) is 4.79 Å². The molecule has 0 aliphatic carbocycles. The highest BCUT2D eigenvalue weighted by Crippen LogP contribution is 2.23. The van der Waals surface area contributed by atoms with E-state index in [4.69, 9.17) is 10.8 Å². The quantitative estimate of drug-likeness (QED) is 0.673. The molecular formula is C12H19N3O2. The molecule has 4 N–H and O–H groups in total. The Morgan fingerprint density at radius 3 is 2.71 bits per heavy atom. The number of hydrogen-bond acceptors (Lipinski definition) is 4. The lowest BCUT2D eigenvalue weighted by atomic mass is 10.1. The maximum absolute atomic E-state index is 10.9. The van der Waals surface area contributed by atoms with Crippen LogP contribution in [0.15, 0.2) is 18.2 Å². The number of rotatable bonds is 5. The van der Waals surface area contributed by atoms with Crippen molar-refractivity contribution in [2.45, 2.75) is 13.0 Å². The summed E-state index contributed by atoms with van der Waals surface area (Å²) in [6, 6.07) is 5.16. The van der Waals surface area contributed by atoms with E-state index in [0.717, 1.165) is 6.54 Å². The van der Waals surface area contributed by atoms with Crippen LogP contribution in [0.1, 0.15) is 17.3 Å². The summed E-state index contributed by atoms with van der Waals surface area (Å²) in [6.45, 7) is 2.86. The third kappa shape index (κ3) is 3.64. The molecule has 0 saturated heterocycles. The van der Waals surface area contributed by atoms with E-state index in [1.165, 1.54) is 6.07 Å². The molecule has 0 fully saturated rings. The van der Waals surface area contributed by atoms with E-state index in [1.807, 2.05) is 21.0 Å². The number of likely N-dealkylation sites (N-methyl/N-ethyl adjacent to an activating group) is 1. The van der Waals surface area contributed by atoms with Crippen molar-refractivity contribution in [1.82, 2.24) is 4.90 Å². The van der Waals surface area contributed by atoms with E-state index >= 15 is 0 Å². The molecule has 1 atom stereocenters. The first-order valence-corrected chi connectivity index (χ1v) is 5.45. The summed E-state index contributed by atoms with van der Waals surface area (Å²) in [6.07, 6.45) is 0. The Balaban J connectivity index is 2.85. The molecule has 17 heavy (non-hydrogen) atoms. The normalized spacial score (nSPS) is 12.5. The van der Waals surface area contributed by atoms with Gasteiger partial charge in [-0.15, -0.1) is 0 Å². The van der Waals surface area contributed by atoms with E-state index < -0.39 is 5.97 Å². The number of aromatic carboxylic acids is 1. The summed E-state index contributed by atoms with van der Waals surface area (Å²) < 4.78 is 0. The molecule has 0 heterocycles. The number of nitrogens with two attached hydrogens (primary N) is 1. The van der Waals surface area contributed by atoms with Crippen molar-refractivity contribution in [3.8, 4) is 0 Å². The molecule has 94 valence electrons. The number of carboxylic acid groups (broad SMARTS) is 1. The van der Waals surface area contributed by atoms with Crippen LogP contribution in [-0.2, 0) is 0 Å². The largest absolute Gasteiger partial charge is 0.478 e. The second kappa shape index (κ2) is 5.54. The van der Waals surface area contributed by atoms with Crippen LogP contribution >= 0.6 is 0 Å². The summed E-state index contributed by atoms with van der Waals surface area (Å²) in [5.74, 6) is -1.01. The van der Waals surface area contributed by atoms with E-state index in [2.05, 4.69) is 10.2 Å². The van der Waals surface area contributed by atoms with Crippen molar-refractivity contribution in [3.63, 3.8) is 0 Å². The predicted octanol–water partition coefficient (Wildman–Crippen LogP) is 1.33. The van der Waals surface area contributed by atoms with Crippen LogP contribution in [0.25, 0.3) is 0 Å². The van der Waals surface area contributed by atoms with Gasteiger partial charge in [0.15, 0.2) is 0 Å². The zero-order chi connectivity index (χ0) is 13.0. The Kier molecular flexibility index (Phi) is 4.34. The SMILES string of the molecule is CC(CN(C)C)Nc1cccc(C(=O)O)c1N. The topological polar surface area (TPSA) is 78.6 Å². The number of benzene rings is 1. The van der Waals surface area contributed by atoms with Gasteiger partial charge in [-0.2, -0.15) is 0 Å². The highest BCUT2D eigenvalue weighted by atomic mass is 16.4. The molecule has 5 nitrogen and oxygen atoms in total. The van der Waals surface area contributed by atoms with Crippen LogP contribution in [0.2, 0.25) is 0 Å². The van der Waals surface area contributed by atoms with Gasteiger partial charge in [-0.3, -0.25) is 0 Å². The second-order valence-corrected chi connectivity index (χ2v) is 4.38. The number of nitrogens with zero attached hydrogens (tertiary/aromatic N) is 1. The molecule has 0 aliphatic rings. The molecule has 0 radical (unpaired) electrons. The van der Waals surface area contributed by atoms with Gasteiger partial charge < -0.3 is 21.1 Å². The minimum atomic E-state index is -1.01. The van der Waals surface area contributed by atoms with E-state index in [-0.39, 0.29) is 17.3 Å². The molecule has 0 aromatic heterocycles. The molecule has 1 rings (SSSR count). The van der Waals surface area contributed by atoms with Crippen LogP contribution in [0.4, 0.5) is 11.4 Å². The molecular weight excluding hydrogens is 218 g/mol. The Bertz CT molecular complexity index is 405. The number of carboxylic acids is 1. The Labute approximate surface area is 101 Å². The summed E-state index contributed by atoms with van der Waals surface area (Å²) in [5.41, 5.74) is 6.89. The zero-order valence-electron chi connectivity index (χ0n) is 10.4. The second-order valence-electron chi connectivity index (χ2n) is 4.38. The predicted molar refractivity (Wildman–Crippen MR) is 69.5 cm³/mol. The molecule has 0 amide bonds. The number of carbonyl (C=O) groups is 1. The Morgan fingerprint density at radius 2 is 2.18 bits per heavy atom. The van der Waals surface area contributed by atoms with Gasteiger partial charge in [-0.05, 0) is 33.2 Å². The van der Waals surface area contributed by atoms with Gasteiger partial charge in [-0.1, -0.05) is 6.07 Å². The first-order valence-electron chi connectivity index (χ1n) is 5.45. The molecule has 0 aliphatic heterocycles. The van der Waals surface area contributed by atoms with Crippen LogP contribution in [0.3, 0.4) is 0 Å². The van der Waals surface area contributed by atoms with Crippen LogP contribution in [0.5, 0.6) is 0 Å². The molecule has 1 unspecified atom stereocenters. The zero-order valence-corrected chi connectivity index (χ0v) is 10.4. The maximum Gasteiger partial charge on any atom is 0.337 e. The number of nitrogens with one attached hydrogen (secondary N) is 1. The first kappa shape index (κ1) is 13.3. The summed E-state index contributed by atoms with van der Waals surface area (Å²) in [7, 11) is 3.96. The molecule has 5 heteroatoms. The maximum atomic E-state index is 10.9. The molecule has 1 aromatic carbocycles. The Morgan fingerprint density at radius 1 is 1.53 bits per heavy atom. The standard InChI is InChI=1S/C12H19N3O2/c1-8(7-15(2)3)14-10-6-4-5-9(11(10)13)12(16)17/h4-6,8,14H,7,13H2,1-3H3,(H,16,17). The lowest BCUT2D eigenvalue weighted by Gasteiger charge is -2.20. The van der Waals surface area contributed by atoms with Gasteiger partial charge in [0.05, 0.1) is 16.9 Å². The third-order valence-electron chi connectivity index (χ3n) is 2.38. The molecule has 0 saturated carbocycles. The minimum absolute atomic E-state index is 0.132. The van der Waals surface area contributed by atoms with Gasteiger partial charge >= 0.3 is 5.97 Å². The van der Waals surface area contributed by atoms with E-state index in [0.29, 0.717) is 5.69 Å². The fraction of sp³-hybridized carbons (Fsp3) is 0.417. The number of nitrogen functional groups attached to an aromatic ring is 1. The fourth-order valence-electron chi connectivity index (χ4n) is 1.74. The average molecular weight is 237 g/mol. The van der Waals surface area contributed by atoms with Crippen molar-refractivity contribution < 1.29 is 9.90 Å². The van der Waals surface area contributed by atoms with Crippen molar-refractivity contribution in [1.29, 1.82) is 0 Å². The minimum Gasteiger partial charge on any atom is -0.478 e. The van der Waals surface area contributed by atoms with Gasteiger partial charge in [0, 0.05) is 12.6 Å². The van der Waals surface area contributed by atoms with Crippen LogP contribution in [-0.4, -0.2) is 42.7 Å². The average Bonchev–Trinajstić information content (AvgIpc) is 2.19. The van der Waals surface area contributed by atoms with Gasteiger partial charge in [0.2, 0.25) is 0 Å². The van der Waals surface area contributed by atoms with Gasteiger partial charge in [0.1, 0.15) is 0 Å². The summed E-state index contributed by atoms with van der Waals surface area (Å²) in [5, 5.41) is 12.2. The smallest absolute Gasteiger partial charge is 0.337 e. The van der Waals surface area contributed by atoms with Crippen molar-refractivity contribution in [2.75, 3.05) is 31.7 Å². The lowest BCUT2D eigenvalue weighted by Crippen LogP contribution is -2.30. The fourth-order valence-corrected chi connectivity index (χ4v) is 1.74. The first-order chi connectivity index (χ1) is 7.91. The number of para-hydroxylation sites is 1. The van der Waals surface area contributed by atoms with Gasteiger partial charge in [-0.25, -0.2) is 4.79 Å². The summed E-state index contributed by atoms with van der Waals surface area (Å²) >= 11 is 0. The molecule has 0 bridgehead atoms. The van der Waals surface area contributed by atoms with Crippen LogP contribution < -0.4 is 11.1 Å². The van der Waals surface area contributed by atoms with Crippen molar-refractivity contribution in [3.05, 3.63) is 23.8 Å². The summed E-state index contributed by atoms with van der Waals surface area (Å²) in [4.78, 5) is 13.0. The molecule has 0 spiro atoms. The highest BCUT2D eigenvalue weighted by Gasteiger charge is 2.12. The lowest BCUT2D eigenvalue weighted by molar-refractivity contribution is 0.0698. The van der Waals surface area contributed by atoms with Crippen LogP contribution in [0, 0.1) is 0 Å². The third-order valence-corrected chi connectivity index (χ3v) is 2.38. The highest BCUT2D eigenvalue weighted by molar-refractivity contribution is 5.97. The number of anilines is 2. The van der Waals surface area contributed by atoms with Crippen molar-refractivity contribution >= 4 is 17.3 Å². The van der Waals surface area contributed by atoms with E-state index in [1.54, 1.807) is 12.1 Å². The number of hydrogen-bond donors (Lipinski definition) is 3. The van der Waals surface area contributed by atoms with Crippen molar-refractivity contribution in [2.24, 2.45) is 0 Å². The molecule has 1 aromatic rings. The Hall–Kier alpha value is -1.75.